The van der Waals surface area contributed by atoms with Crippen molar-refractivity contribution in [1.82, 2.24) is 4.90 Å². The van der Waals surface area contributed by atoms with Crippen molar-refractivity contribution in [3.8, 4) is 5.75 Å². The Morgan fingerprint density at radius 1 is 1.07 bits per heavy atom. The lowest BCUT2D eigenvalue weighted by atomic mass is 9.63. The molecular weight excluding hydrogens is 356 g/mol. The van der Waals surface area contributed by atoms with Crippen LogP contribution < -0.4 is 10.1 Å². The van der Waals surface area contributed by atoms with E-state index in [4.69, 9.17) is 4.74 Å². The molecule has 3 fully saturated rings. The van der Waals surface area contributed by atoms with Crippen LogP contribution >= 0.6 is 0 Å². The van der Waals surface area contributed by atoms with Crippen LogP contribution in [-0.4, -0.2) is 35.8 Å². The van der Waals surface area contributed by atoms with Gasteiger partial charge in [0.15, 0.2) is 0 Å². The standard InChI is InChI=1S/C22H24N2O4/c1-2-28-13-5-3-12(4-6-13)23-18(25)9-10-24-21(26)19-14-7-8-15(17-11-16(14)17)20(19)22(24)27/h3-8,14-17,19-20H,2,9-11H2,1H3,(H,23,25)/t14-,15+,16-,17-,19+,20+/m1/s1. The third-order valence-corrected chi connectivity index (χ3v) is 6.77. The molecule has 6 rings (SSSR count). The fourth-order valence-electron chi connectivity index (χ4n) is 5.48. The molecule has 1 heterocycles. The maximum absolute atomic E-state index is 12.9. The number of nitrogens with one attached hydrogen (secondary N) is 1. The number of rotatable bonds is 6. The molecular formula is C22H24N2O4. The zero-order chi connectivity index (χ0) is 19.4. The van der Waals surface area contributed by atoms with Crippen molar-refractivity contribution in [1.29, 1.82) is 0 Å². The van der Waals surface area contributed by atoms with Crippen molar-refractivity contribution < 1.29 is 19.1 Å². The van der Waals surface area contributed by atoms with Crippen LogP contribution in [0.25, 0.3) is 0 Å². The van der Waals surface area contributed by atoms with Crippen molar-refractivity contribution in [2.75, 3.05) is 18.5 Å². The zero-order valence-electron chi connectivity index (χ0n) is 15.8. The molecule has 0 aromatic heterocycles. The number of benzene rings is 1. The second kappa shape index (κ2) is 6.47. The molecule has 6 atom stereocenters. The number of anilines is 1. The van der Waals surface area contributed by atoms with Gasteiger partial charge in [-0.15, -0.1) is 0 Å². The van der Waals surface area contributed by atoms with Crippen LogP contribution in [0.1, 0.15) is 19.8 Å². The number of hydrogen-bond donors (Lipinski definition) is 1. The number of likely N-dealkylation sites (tertiary alicyclic amines) is 1. The number of imide groups is 1. The maximum atomic E-state index is 12.9. The summed E-state index contributed by atoms with van der Waals surface area (Å²) in [5.41, 5.74) is 0.670. The van der Waals surface area contributed by atoms with E-state index in [1.54, 1.807) is 24.3 Å². The van der Waals surface area contributed by atoms with Crippen LogP contribution in [-0.2, 0) is 14.4 Å². The summed E-state index contributed by atoms with van der Waals surface area (Å²) in [6.07, 6.45) is 5.58. The molecule has 2 bridgehead atoms. The first-order valence-corrected chi connectivity index (χ1v) is 10.1. The number of allylic oxidation sites excluding steroid dienone is 2. The van der Waals surface area contributed by atoms with Gasteiger partial charge in [0.1, 0.15) is 5.75 Å². The van der Waals surface area contributed by atoms with Gasteiger partial charge in [-0.2, -0.15) is 0 Å². The second-order valence-electron chi connectivity index (χ2n) is 8.24. The summed E-state index contributed by atoms with van der Waals surface area (Å²) in [6.45, 7) is 2.66. The number of hydrogen-bond acceptors (Lipinski definition) is 4. The van der Waals surface area contributed by atoms with Gasteiger partial charge in [-0.25, -0.2) is 0 Å². The second-order valence-corrected chi connectivity index (χ2v) is 8.24. The molecule has 5 aliphatic rings. The summed E-state index contributed by atoms with van der Waals surface area (Å²) >= 11 is 0. The molecule has 0 unspecified atom stereocenters. The Morgan fingerprint density at radius 2 is 1.68 bits per heavy atom. The quantitative estimate of drug-likeness (QED) is 0.608. The average molecular weight is 380 g/mol. The monoisotopic (exact) mass is 380 g/mol. The first kappa shape index (κ1) is 17.5. The molecule has 146 valence electrons. The molecule has 1 N–H and O–H groups in total. The largest absolute Gasteiger partial charge is 0.494 e. The fraction of sp³-hybridized carbons (Fsp3) is 0.500. The van der Waals surface area contributed by atoms with Gasteiger partial charge in [0.25, 0.3) is 0 Å². The van der Waals surface area contributed by atoms with Crippen LogP contribution in [0, 0.1) is 35.5 Å². The number of ether oxygens (including phenoxy) is 1. The van der Waals surface area contributed by atoms with E-state index in [0.29, 0.717) is 24.1 Å². The molecule has 1 aromatic carbocycles. The van der Waals surface area contributed by atoms with Crippen molar-refractivity contribution in [3.05, 3.63) is 36.4 Å². The first-order chi connectivity index (χ1) is 13.6. The van der Waals surface area contributed by atoms with E-state index in [0.717, 1.165) is 12.2 Å². The van der Waals surface area contributed by atoms with Crippen LogP contribution in [0.4, 0.5) is 5.69 Å². The Labute approximate surface area is 163 Å². The van der Waals surface area contributed by atoms with Gasteiger partial charge in [0.05, 0.1) is 18.4 Å². The topological polar surface area (TPSA) is 75.7 Å². The van der Waals surface area contributed by atoms with Gasteiger partial charge in [0.2, 0.25) is 17.7 Å². The molecule has 28 heavy (non-hydrogen) atoms. The fourth-order valence-corrected chi connectivity index (χ4v) is 5.48. The molecule has 2 saturated carbocycles. The van der Waals surface area contributed by atoms with Crippen LogP contribution in [0.15, 0.2) is 36.4 Å². The predicted molar refractivity (Wildman–Crippen MR) is 102 cm³/mol. The Kier molecular flexibility index (Phi) is 4.03. The third-order valence-electron chi connectivity index (χ3n) is 6.77. The molecule has 1 saturated heterocycles. The summed E-state index contributed by atoms with van der Waals surface area (Å²) in [6, 6.07) is 7.15. The van der Waals surface area contributed by atoms with E-state index < -0.39 is 0 Å². The molecule has 0 radical (unpaired) electrons. The molecule has 6 nitrogen and oxygen atoms in total. The molecule has 3 amide bonds. The lowest BCUT2D eigenvalue weighted by molar-refractivity contribution is -0.140. The van der Waals surface area contributed by atoms with E-state index in [9.17, 15) is 14.4 Å². The third kappa shape index (κ3) is 2.65. The van der Waals surface area contributed by atoms with Gasteiger partial charge in [0, 0.05) is 18.7 Å². The highest BCUT2D eigenvalue weighted by atomic mass is 16.5. The smallest absolute Gasteiger partial charge is 0.233 e. The van der Waals surface area contributed by atoms with Crippen LogP contribution in [0.3, 0.4) is 0 Å². The SMILES string of the molecule is CCOc1ccc(NC(=O)CCN2C(=O)[C@H]3[C@@H]4C=C[C@@H]([C@H]5C[C@H]45)[C@@H]3C2=O)cc1. The Hall–Kier alpha value is -2.63. The van der Waals surface area contributed by atoms with Gasteiger partial charge in [-0.3, -0.25) is 19.3 Å². The van der Waals surface area contributed by atoms with Crippen molar-refractivity contribution in [2.24, 2.45) is 35.5 Å². The Bertz CT molecular complexity index is 826. The van der Waals surface area contributed by atoms with E-state index >= 15 is 0 Å². The molecule has 1 aromatic rings. The van der Waals surface area contributed by atoms with Crippen LogP contribution in [0.5, 0.6) is 5.75 Å². The first-order valence-electron chi connectivity index (χ1n) is 10.1. The normalized spacial score (nSPS) is 34.2. The summed E-state index contributed by atoms with van der Waals surface area (Å²) < 4.78 is 5.38. The van der Waals surface area contributed by atoms with Crippen molar-refractivity contribution in [2.45, 2.75) is 19.8 Å². The average Bonchev–Trinajstić information content (AvgIpc) is 3.47. The molecule has 4 aliphatic carbocycles. The van der Waals surface area contributed by atoms with Gasteiger partial charge >= 0.3 is 0 Å². The molecule has 0 spiro atoms. The number of carbonyl (C=O) groups is 3. The lowest BCUT2D eigenvalue weighted by Gasteiger charge is -2.37. The minimum absolute atomic E-state index is 0.0754. The summed E-state index contributed by atoms with van der Waals surface area (Å²) in [4.78, 5) is 39.4. The summed E-state index contributed by atoms with van der Waals surface area (Å²) in [5, 5.41) is 2.82. The predicted octanol–water partition coefficient (Wildman–Crippen LogP) is 2.47. The Balaban J connectivity index is 1.20. The summed E-state index contributed by atoms with van der Waals surface area (Å²) in [7, 11) is 0. The number of carbonyl (C=O) groups excluding carboxylic acids is 3. The minimum Gasteiger partial charge on any atom is -0.494 e. The Morgan fingerprint density at radius 3 is 2.25 bits per heavy atom. The van der Waals surface area contributed by atoms with Crippen molar-refractivity contribution in [3.63, 3.8) is 0 Å². The van der Waals surface area contributed by atoms with Crippen molar-refractivity contribution >= 4 is 23.4 Å². The maximum Gasteiger partial charge on any atom is 0.233 e. The van der Waals surface area contributed by atoms with Gasteiger partial charge in [-0.05, 0) is 61.3 Å². The summed E-state index contributed by atoms with van der Waals surface area (Å²) in [5.74, 6) is 1.63. The molecule has 6 heteroatoms. The highest BCUT2D eigenvalue weighted by Crippen LogP contribution is 2.65. The van der Waals surface area contributed by atoms with E-state index in [2.05, 4.69) is 17.5 Å². The highest BCUT2D eigenvalue weighted by Gasteiger charge is 2.66. The van der Waals surface area contributed by atoms with Gasteiger partial charge < -0.3 is 10.1 Å². The van der Waals surface area contributed by atoms with Crippen LogP contribution in [0.2, 0.25) is 0 Å². The highest BCUT2D eigenvalue weighted by molar-refractivity contribution is 6.06. The number of nitrogens with zero attached hydrogens (tertiary/aromatic N) is 1. The van der Waals surface area contributed by atoms with Gasteiger partial charge in [-0.1, -0.05) is 12.2 Å². The van der Waals surface area contributed by atoms with E-state index in [-0.39, 0.29) is 54.4 Å². The minimum atomic E-state index is -0.205. The lowest BCUT2D eigenvalue weighted by Crippen LogP contribution is -2.40. The van der Waals surface area contributed by atoms with E-state index in [1.165, 1.54) is 4.90 Å². The molecule has 1 aliphatic heterocycles. The zero-order valence-corrected chi connectivity index (χ0v) is 15.8. The number of amides is 3. The van der Waals surface area contributed by atoms with E-state index in [1.807, 2.05) is 6.92 Å².